The largest absolute Gasteiger partial charge is 0.208 e. The fraction of sp³-hybridized carbons (Fsp3) is 0.212. The summed E-state index contributed by atoms with van der Waals surface area (Å²) < 4.78 is 4.12. The van der Waals surface area contributed by atoms with E-state index in [9.17, 15) is 0 Å². The lowest BCUT2D eigenvalue weighted by Crippen LogP contribution is -2.25. The summed E-state index contributed by atoms with van der Waals surface area (Å²) in [6, 6.07) is 22.6. The van der Waals surface area contributed by atoms with E-state index < -0.39 is 0 Å². The Morgan fingerprint density at radius 2 is 0.914 bits per heavy atom. The quantitative estimate of drug-likeness (QED) is 0.282. The van der Waals surface area contributed by atoms with Crippen LogP contribution in [0.5, 0.6) is 0 Å². The number of hydrogen-bond acceptors (Lipinski definition) is 0. The minimum atomic E-state index is 0.0549. The molecule has 2 heteroatoms. The molecule has 0 N–H and O–H groups in total. The molecule has 2 nitrogen and oxygen atoms in total. The van der Waals surface area contributed by atoms with Crippen molar-refractivity contribution >= 4 is 24.3 Å². The second-order valence-electron chi connectivity index (χ2n) is 9.66. The van der Waals surface area contributed by atoms with E-state index in [1.54, 1.807) is 0 Å². The van der Waals surface area contributed by atoms with Gasteiger partial charge in [0.1, 0.15) is 14.1 Å². The van der Waals surface area contributed by atoms with Crippen molar-refractivity contribution < 1.29 is 9.13 Å². The van der Waals surface area contributed by atoms with Crippen molar-refractivity contribution in [3.63, 3.8) is 0 Å². The lowest BCUT2D eigenvalue weighted by molar-refractivity contribution is -0.671. The van der Waals surface area contributed by atoms with E-state index in [1.807, 2.05) is 14.1 Å². The van der Waals surface area contributed by atoms with Gasteiger partial charge in [-0.3, -0.25) is 0 Å². The fourth-order valence-electron chi connectivity index (χ4n) is 5.38. The predicted octanol–water partition coefficient (Wildman–Crippen LogP) is 6.76. The van der Waals surface area contributed by atoms with E-state index in [0.29, 0.717) is 0 Å². The highest BCUT2D eigenvalue weighted by Crippen LogP contribution is 2.53. The van der Waals surface area contributed by atoms with Crippen molar-refractivity contribution in [2.45, 2.75) is 32.1 Å². The van der Waals surface area contributed by atoms with Crippen LogP contribution in [0.15, 0.2) is 85.5 Å². The van der Waals surface area contributed by atoms with Crippen LogP contribution < -0.4 is 9.13 Å². The van der Waals surface area contributed by atoms with Crippen molar-refractivity contribution in [3.05, 3.63) is 119 Å². The van der Waals surface area contributed by atoms with Crippen LogP contribution in [0.1, 0.15) is 60.1 Å². The topological polar surface area (TPSA) is 7.76 Å². The maximum absolute atomic E-state index is 2.42. The van der Waals surface area contributed by atoms with Crippen LogP contribution >= 0.6 is 0 Å². The number of fused-ring (bicyclic) bond motifs is 3. The fourth-order valence-corrected chi connectivity index (χ4v) is 5.38. The molecule has 0 spiro atoms. The van der Waals surface area contributed by atoms with Gasteiger partial charge >= 0.3 is 0 Å². The van der Waals surface area contributed by atoms with E-state index in [-0.39, 0.29) is 5.41 Å². The summed E-state index contributed by atoms with van der Waals surface area (Å²) >= 11 is 0. The minimum absolute atomic E-state index is 0.0549. The molecule has 1 aliphatic rings. The van der Waals surface area contributed by atoms with Crippen molar-refractivity contribution in [1.82, 2.24) is 0 Å². The highest BCUT2D eigenvalue weighted by Gasteiger charge is 2.40. The van der Waals surface area contributed by atoms with Gasteiger partial charge in [0.15, 0.2) is 24.8 Å². The van der Waals surface area contributed by atoms with Crippen LogP contribution in [0.3, 0.4) is 0 Å². The summed E-state index contributed by atoms with van der Waals surface area (Å²) in [5, 5.41) is 0. The molecule has 5 rings (SSSR count). The molecule has 0 unspecified atom stereocenters. The van der Waals surface area contributed by atoms with Gasteiger partial charge in [0.05, 0.1) is 0 Å². The molecule has 0 bridgehead atoms. The lowest BCUT2D eigenvalue weighted by Gasteiger charge is -2.30. The van der Waals surface area contributed by atoms with Gasteiger partial charge in [-0.2, -0.15) is 0 Å². The van der Waals surface area contributed by atoms with Crippen molar-refractivity contribution in [3.8, 4) is 11.1 Å². The second kappa shape index (κ2) is 9.46. The average molecular weight is 459 g/mol. The van der Waals surface area contributed by atoms with Gasteiger partial charge in [0.2, 0.25) is 0 Å². The first-order chi connectivity index (χ1) is 17.0. The smallest absolute Gasteiger partial charge is 0.169 e. The van der Waals surface area contributed by atoms with Crippen LogP contribution in [0.2, 0.25) is 0 Å². The van der Waals surface area contributed by atoms with Crippen LogP contribution in [0.25, 0.3) is 35.4 Å². The van der Waals surface area contributed by atoms with Gasteiger partial charge in [-0.1, -0.05) is 74.5 Å². The third kappa shape index (κ3) is 4.37. The van der Waals surface area contributed by atoms with Gasteiger partial charge in [0.25, 0.3) is 0 Å². The van der Waals surface area contributed by atoms with Crippen LogP contribution in [-0.2, 0) is 19.5 Å². The number of benzene rings is 2. The third-order valence-electron chi connectivity index (χ3n) is 7.56. The molecule has 0 saturated carbocycles. The van der Waals surface area contributed by atoms with Crippen molar-refractivity contribution in [2.24, 2.45) is 14.1 Å². The lowest BCUT2D eigenvalue weighted by atomic mass is 9.73. The number of hydrogen-bond donors (Lipinski definition) is 0. The molecule has 2 aromatic heterocycles. The molecule has 0 amide bonds. The first kappa shape index (κ1) is 23.0. The van der Waals surface area contributed by atoms with Crippen LogP contribution in [-0.4, -0.2) is 0 Å². The minimum Gasteiger partial charge on any atom is -0.208 e. The number of rotatable bonds is 6. The van der Waals surface area contributed by atoms with Gasteiger partial charge < -0.3 is 0 Å². The third-order valence-corrected chi connectivity index (χ3v) is 7.56. The summed E-state index contributed by atoms with van der Waals surface area (Å²) in [5.41, 5.74) is 10.7. The maximum atomic E-state index is 2.42. The van der Waals surface area contributed by atoms with Gasteiger partial charge in [0, 0.05) is 29.7 Å². The summed E-state index contributed by atoms with van der Waals surface area (Å²) in [4.78, 5) is 0. The summed E-state index contributed by atoms with van der Waals surface area (Å²) in [5.74, 6) is 0. The number of pyridine rings is 2. The van der Waals surface area contributed by atoms with E-state index in [4.69, 9.17) is 0 Å². The van der Waals surface area contributed by atoms with Gasteiger partial charge in [-0.15, -0.1) is 0 Å². The highest BCUT2D eigenvalue weighted by molar-refractivity contribution is 5.85. The Labute approximate surface area is 209 Å². The normalized spacial score (nSPS) is 13.9. The van der Waals surface area contributed by atoms with E-state index in [0.717, 1.165) is 12.8 Å². The molecule has 0 saturated heterocycles. The maximum Gasteiger partial charge on any atom is 0.169 e. The Balaban J connectivity index is 1.50. The molecule has 35 heavy (non-hydrogen) atoms. The first-order valence-electron chi connectivity index (χ1n) is 12.6. The van der Waals surface area contributed by atoms with E-state index >= 15 is 0 Å². The molecule has 0 aliphatic heterocycles. The molecule has 0 fully saturated rings. The molecule has 4 aromatic rings. The summed E-state index contributed by atoms with van der Waals surface area (Å²) in [7, 11) is 4.09. The van der Waals surface area contributed by atoms with Gasteiger partial charge in [-0.05, 0) is 57.3 Å². The number of aryl methyl sites for hydroxylation is 2. The highest BCUT2D eigenvalue weighted by atomic mass is 14.9. The molecular weight excluding hydrogens is 424 g/mol. The zero-order valence-electron chi connectivity index (χ0n) is 21.2. The Kier molecular flexibility index (Phi) is 6.21. The van der Waals surface area contributed by atoms with Gasteiger partial charge in [-0.25, -0.2) is 9.13 Å². The number of nitrogens with zero attached hydrogens (tertiary/aromatic N) is 2. The monoisotopic (exact) mass is 458 g/mol. The molecule has 2 aromatic carbocycles. The SMILES string of the molecule is CCC1(CC)c2cc(/C=C/c3cc[n+](C)cc3)ccc2-c2ccc(/C=C/c3cc[n+](C)cc3)cc21. The van der Waals surface area contributed by atoms with Crippen LogP contribution in [0, 0.1) is 0 Å². The first-order valence-corrected chi connectivity index (χ1v) is 12.6. The number of aromatic nitrogens is 2. The van der Waals surface area contributed by atoms with E-state index in [1.165, 1.54) is 44.5 Å². The van der Waals surface area contributed by atoms with Crippen LogP contribution in [0.4, 0.5) is 0 Å². The Morgan fingerprint density at radius 3 is 1.29 bits per heavy atom. The van der Waals surface area contributed by atoms with E-state index in [2.05, 4.69) is 133 Å². The summed E-state index contributed by atoms with van der Waals surface area (Å²) in [6.07, 6.45) is 19.4. The molecule has 0 atom stereocenters. The Hall–Kier alpha value is -3.78. The molecular formula is C33H34N2+2. The molecule has 174 valence electrons. The molecule has 0 radical (unpaired) electrons. The Morgan fingerprint density at radius 1 is 0.543 bits per heavy atom. The molecule has 1 aliphatic carbocycles. The second-order valence-corrected chi connectivity index (χ2v) is 9.66. The zero-order chi connectivity index (χ0) is 24.4. The Bertz CT molecular complexity index is 1300. The molecule has 2 heterocycles. The average Bonchev–Trinajstić information content (AvgIpc) is 3.16. The summed E-state index contributed by atoms with van der Waals surface area (Å²) in [6.45, 7) is 4.67. The van der Waals surface area contributed by atoms with Crippen molar-refractivity contribution in [1.29, 1.82) is 0 Å². The zero-order valence-corrected chi connectivity index (χ0v) is 21.2. The standard InChI is InChI=1S/C33H34N2/c1-5-33(6-2)31-23-27(9-7-25-15-19-34(3)20-16-25)11-13-29(31)30-14-12-28(24-32(30)33)10-8-26-17-21-35(4)22-18-26/h7-24H,5-6H2,1-4H3/q+2/b9-7+,10-8+. The predicted molar refractivity (Wildman–Crippen MR) is 146 cm³/mol. The van der Waals surface area contributed by atoms with Crippen molar-refractivity contribution in [2.75, 3.05) is 0 Å².